The van der Waals surface area contributed by atoms with Crippen molar-refractivity contribution in [3.8, 4) is 0 Å². The van der Waals surface area contributed by atoms with Crippen LogP contribution in [0.1, 0.15) is 19.8 Å². The van der Waals surface area contributed by atoms with Gasteiger partial charge in [0, 0.05) is 13.0 Å². The van der Waals surface area contributed by atoms with Crippen LogP contribution in [0.4, 0.5) is 0 Å². The zero-order chi connectivity index (χ0) is 8.27. The lowest BCUT2D eigenvalue weighted by molar-refractivity contribution is -0.127. The topological polar surface area (TPSA) is 58.2 Å². The Labute approximate surface area is 65.3 Å². The first-order valence-corrected chi connectivity index (χ1v) is 3.81. The van der Waals surface area contributed by atoms with E-state index in [9.17, 15) is 9.59 Å². The van der Waals surface area contributed by atoms with E-state index >= 15 is 0 Å². The minimum atomic E-state index is -0.289. The number of carbonyl (C=O) groups excluding carboxylic acids is 2. The first-order chi connectivity index (χ1) is 5.24. The van der Waals surface area contributed by atoms with E-state index in [0.717, 1.165) is 0 Å². The van der Waals surface area contributed by atoms with Gasteiger partial charge in [-0.05, 0) is 6.42 Å². The second kappa shape index (κ2) is 3.37. The first-order valence-electron chi connectivity index (χ1n) is 3.81. The molecule has 1 heterocycles. The van der Waals surface area contributed by atoms with E-state index in [4.69, 9.17) is 0 Å². The predicted molar refractivity (Wildman–Crippen MR) is 39.8 cm³/mol. The van der Waals surface area contributed by atoms with Crippen LogP contribution < -0.4 is 10.6 Å². The van der Waals surface area contributed by atoms with Gasteiger partial charge in [0.05, 0.1) is 0 Å². The number of rotatable bonds is 2. The van der Waals surface area contributed by atoms with Crippen molar-refractivity contribution in [3.63, 3.8) is 0 Å². The van der Waals surface area contributed by atoms with E-state index < -0.39 is 0 Å². The summed E-state index contributed by atoms with van der Waals surface area (Å²) < 4.78 is 0. The molecule has 0 aromatic heterocycles. The van der Waals surface area contributed by atoms with Crippen molar-refractivity contribution in [2.24, 2.45) is 0 Å². The van der Waals surface area contributed by atoms with E-state index in [1.54, 1.807) is 6.92 Å². The maximum absolute atomic E-state index is 10.9. The van der Waals surface area contributed by atoms with Crippen LogP contribution in [0, 0.1) is 0 Å². The van der Waals surface area contributed by atoms with Gasteiger partial charge >= 0.3 is 0 Å². The summed E-state index contributed by atoms with van der Waals surface area (Å²) >= 11 is 0. The summed E-state index contributed by atoms with van der Waals surface area (Å²) in [6.45, 7) is 2.44. The van der Waals surface area contributed by atoms with Crippen LogP contribution in [-0.2, 0) is 9.59 Å². The molecule has 0 saturated carbocycles. The minimum absolute atomic E-state index is 0.0629. The fourth-order valence-corrected chi connectivity index (χ4v) is 1.03. The lowest BCUT2D eigenvalue weighted by Crippen LogP contribution is -2.39. The first kappa shape index (κ1) is 8.04. The Kier molecular flexibility index (Phi) is 2.46. The van der Waals surface area contributed by atoms with Gasteiger partial charge in [0.1, 0.15) is 6.04 Å². The maximum atomic E-state index is 10.9. The van der Waals surface area contributed by atoms with Crippen LogP contribution >= 0.6 is 0 Å². The highest BCUT2D eigenvalue weighted by molar-refractivity contribution is 5.88. The number of hydrogen-bond donors (Lipinski definition) is 2. The molecule has 4 nitrogen and oxygen atoms in total. The number of nitrogens with one attached hydrogen (secondary N) is 2. The normalized spacial score (nSPS) is 23.0. The van der Waals surface area contributed by atoms with Gasteiger partial charge in [0.15, 0.2) is 0 Å². The van der Waals surface area contributed by atoms with E-state index in [1.807, 2.05) is 0 Å². The highest BCUT2D eigenvalue weighted by Crippen LogP contribution is 1.98. The number of amides is 2. The average molecular weight is 156 g/mol. The maximum Gasteiger partial charge on any atom is 0.242 e. The van der Waals surface area contributed by atoms with Gasteiger partial charge < -0.3 is 10.6 Å². The molecular formula is C7H12N2O2. The standard InChI is InChI=1S/C7H12N2O2/c1-2-6(10)9-5-3-4-8-7(5)11/h5H,2-4H2,1H3,(H,8,11)(H,9,10)/t5-/m1/s1. The molecular weight excluding hydrogens is 144 g/mol. The van der Waals surface area contributed by atoms with E-state index in [0.29, 0.717) is 19.4 Å². The molecule has 62 valence electrons. The minimum Gasteiger partial charge on any atom is -0.354 e. The fraction of sp³-hybridized carbons (Fsp3) is 0.714. The molecule has 1 aliphatic rings. The third-order valence-electron chi connectivity index (χ3n) is 1.71. The monoisotopic (exact) mass is 156 g/mol. The molecule has 0 aromatic carbocycles. The number of hydrogen-bond acceptors (Lipinski definition) is 2. The molecule has 1 fully saturated rings. The van der Waals surface area contributed by atoms with Crippen LogP contribution in [0.3, 0.4) is 0 Å². The molecule has 0 unspecified atom stereocenters. The zero-order valence-corrected chi connectivity index (χ0v) is 6.52. The van der Waals surface area contributed by atoms with Crippen molar-refractivity contribution in [2.45, 2.75) is 25.8 Å². The highest BCUT2D eigenvalue weighted by Gasteiger charge is 2.24. The van der Waals surface area contributed by atoms with Crippen molar-refractivity contribution in [3.05, 3.63) is 0 Å². The molecule has 0 aromatic rings. The second-order valence-electron chi connectivity index (χ2n) is 2.55. The Morgan fingerprint density at radius 1 is 1.82 bits per heavy atom. The summed E-state index contributed by atoms with van der Waals surface area (Å²) in [5, 5.41) is 5.27. The summed E-state index contributed by atoms with van der Waals surface area (Å²) in [6, 6.07) is -0.289. The molecule has 11 heavy (non-hydrogen) atoms. The SMILES string of the molecule is CCC(=O)N[C@@H]1CCNC1=O. The largest absolute Gasteiger partial charge is 0.354 e. The highest BCUT2D eigenvalue weighted by atomic mass is 16.2. The van der Waals surface area contributed by atoms with Gasteiger partial charge in [-0.1, -0.05) is 6.92 Å². The summed E-state index contributed by atoms with van der Waals surface area (Å²) in [7, 11) is 0. The van der Waals surface area contributed by atoms with Crippen LogP contribution in [0.2, 0.25) is 0 Å². The van der Waals surface area contributed by atoms with Gasteiger partial charge in [-0.25, -0.2) is 0 Å². The van der Waals surface area contributed by atoms with E-state index in [1.165, 1.54) is 0 Å². The zero-order valence-electron chi connectivity index (χ0n) is 6.52. The molecule has 1 rings (SSSR count). The Balaban J connectivity index is 2.36. The summed E-state index contributed by atoms with van der Waals surface area (Å²) in [4.78, 5) is 21.7. The van der Waals surface area contributed by atoms with Crippen LogP contribution in [0.5, 0.6) is 0 Å². The summed E-state index contributed by atoms with van der Waals surface area (Å²) in [6.07, 6.45) is 1.15. The van der Waals surface area contributed by atoms with Crippen LogP contribution in [0.15, 0.2) is 0 Å². The molecule has 4 heteroatoms. The quantitative estimate of drug-likeness (QED) is 0.561. The molecule has 1 saturated heterocycles. The average Bonchev–Trinajstić information content (AvgIpc) is 2.37. The molecule has 0 spiro atoms. The Morgan fingerprint density at radius 2 is 2.55 bits per heavy atom. The second-order valence-corrected chi connectivity index (χ2v) is 2.55. The molecule has 2 N–H and O–H groups in total. The summed E-state index contributed by atoms with van der Waals surface area (Å²) in [5.74, 6) is -0.126. The van der Waals surface area contributed by atoms with Crippen molar-refractivity contribution >= 4 is 11.8 Å². The van der Waals surface area contributed by atoms with Gasteiger partial charge in [-0.15, -0.1) is 0 Å². The van der Waals surface area contributed by atoms with Gasteiger partial charge in [-0.2, -0.15) is 0 Å². The van der Waals surface area contributed by atoms with Crippen molar-refractivity contribution in [2.75, 3.05) is 6.54 Å². The molecule has 0 radical (unpaired) electrons. The lowest BCUT2D eigenvalue weighted by atomic mass is 10.2. The Hall–Kier alpha value is -1.06. The third-order valence-corrected chi connectivity index (χ3v) is 1.71. The lowest BCUT2D eigenvalue weighted by Gasteiger charge is -2.07. The number of carbonyl (C=O) groups is 2. The van der Waals surface area contributed by atoms with Crippen LogP contribution in [-0.4, -0.2) is 24.4 Å². The molecule has 1 aliphatic heterocycles. The van der Waals surface area contributed by atoms with Crippen molar-refractivity contribution < 1.29 is 9.59 Å². The molecule has 0 bridgehead atoms. The summed E-state index contributed by atoms with van der Waals surface area (Å²) in [5.41, 5.74) is 0. The Morgan fingerprint density at radius 3 is 3.00 bits per heavy atom. The molecule has 2 amide bonds. The molecule has 1 atom stereocenters. The van der Waals surface area contributed by atoms with E-state index in [2.05, 4.69) is 10.6 Å². The fourth-order valence-electron chi connectivity index (χ4n) is 1.03. The van der Waals surface area contributed by atoms with Gasteiger partial charge in [-0.3, -0.25) is 9.59 Å². The van der Waals surface area contributed by atoms with Gasteiger partial charge in [0.25, 0.3) is 0 Å². The third kappa shape index (κ3) is 1.93. The van der Waals surface area contributed by atoms with Gasteiger partial charge in [0.2, 0.25) is 11.8 Å². The van der Waals surface area contributed by atoms with Crippen molar-refractivity contribution in [1.82, 2.24) is 10.6 Å². The van der Waals surface area contributed by atoms with Crippen LogP contribution in [0.25, 0.3) is 0 Å². The van der Waals surface area contributed by atoms with E-state index in [-0.39, 0.29) is 17.9 Å². The smallest absolute Gasteiger partial charge is 0.242 e. The predicted octanol–water partition coefficient (Wildman–Crippen LogP) is -0.599. The molecule has 0 aliphatic carbocycles. The van der Waals surface area contributed by atoms with Crippen molar-refractivity contribution in [1.29, 1.82) is 0 Å². The Bertz CT molecular complexity index is 179.